The normalized spacial score (nSPS) is 10.7. The molecule has 7 heteroatoms. The molecule has 0 spiro atoms. The Balaban J connectivity index is 0.00000225. The third kappa shape index (κ3) is 3.97. The molecule has 0 saturated heterocycles. The lowest BCUT2D eigenvalue weighted by atomic mass is 9.97. The van der Waals surface area contributed by atoms with Crippen molar-refractivity contribution in [2.45, 2.75) is 6.42 Å². The second-order valence-electron chi connectivity index (χ2n) is 6.53. The molecule has 0 radical (unpaired) electrons. The first-order valence-electron chi connectivity index (χ1n) is 8.45. The molecule has 0 saturated carbocycles. The molecule has 0 aliphatic heterocycles. The van der Waals surface area contributed by atoms with Crippen LogP contribution in [0.4, 0.5) is 10.2 Å². The molecule has 0 atom stereocenters. The predicted octanol–water partition coefficient (Wildman–Crippen LogP) is 6.23. The van der Waals surface area contributed by atoms with Crippen LogP contribution in [0.3, 0.4) is 0 Å². The van der Waals surface area contributed by atoms with Gasteiger partial charge in [0.25, 0.3) is 0 Å². The maximum atomic E-state index is 15.5. The van der Waals surface area contributed by atoms with Crippen LogP contribution in [0.25, 0.3) is 21.3 Å². The van der Waals surface area contributed by atoms with Crippen molar-refractivity contribution in [3.8, 4) is 11.1 Å². The highest BCUT2D eigenvalue weighted by Crippen LogP contribution is 2.36. The maximum absolute atomic E-state index is 15.5. The van der Waals surface area contributed by atoms with E-state index in [1.165, 1.54) is 11.3 Å². The smallest absolute Gasteiger partial charge is 0.136 e. The number of rotatable bonds is 4. The van der Waals surface area contributed by atoms with Gasteiger partial charge in [0.2, 0.25) is 0 Å². The highest BCUT2D eigenvalue weighted by Gasteiger charge is 2.18. The van der Waals surface area contributed by atoms with Crippen LogP contribution >= 0.6 is 35.3 Å². The number of halogens is 3. The Labute approximate surface area is 178 Å². The summed E-state index contributed by atoms with van der Waals surface area (Å²) < 4.78 is 16.4. The molecule has 0 aliphatic carbocycles. The van der Waals surface area contributed by atoms with Crippen LogP contribution in [0.1, 0.15) is 11.1 Å². The zero-order valence-corrected chi connectivity index (χ0v) is 17.7. The molecule has 28 heavy (non-hydrogen) atoms. The van der Waals surface area contributed by atoms with Crippen molar-refractivity contribution in [2.75, 3.05) is 19.0 Å². The van der Waals surface area contributed by atoms with Crippen LogP contribution < -0.4 is 4.90 Å². The van der Waals surface area contributed by atoms with Crippen LogP contribution in [-0.2, 0) is 6.42 Å². The summed E-state index contributed by atoms with van der Waals surface area (Å²) in [6.07, 6.45) is 2.26. The van der Waals surface area contributed by atoms with Crippen molar-refractivity contribution in [1.82, 2.24) is 9.97 Å². The van der Waals surface area contributed by atoms with Crippen molar-refractivity contribution < 1.29 is 4.39 Å². The van der Waals surface area contributed by atoms with Gasteiger partial charge in [-0.1, -0.05) is 29.8 Å². The third-order valence-corrected chi connectivity index (χ3v) is 5.42. The maximum Gasteiger partial charge on any atom is 0.136 e. The standard InChI is InChI=1S/C21H17ClFN3S.ClH/c1-26(2)18-7-6-13(11-24-18)8-15-10-17-21(25-12-27-17)19(20(15)23)14-4-3-5-16(22)9-14;/h3-7,9-12H,8H2,1-2H3;1H. The first kappa shape index (κ1) is 20.5. The average molecular weight is 434 g/mol. The summed E-state index contributed by atoms with van der Waals surface area (Å²) >= 11 is 7.64. The molecule has 4 rings (SSSR count). The zero-order chi connectivity index (χ0) is 19.0. The molecule has 0 amide bonds. The monoisotopic (exact) mass is 433 g/mol. The molecule has 0 bridgehead atoms. The summed E-state index contributed by atoms with van der Waals surface area (Å²) in [6, 6.07) is 13.1. The largest absolute Gasteiger partial charge is 0.363 e. The molecular weight excluding hydrogens is 416 g/mol. The number of fused-ring (bicyclic) bond motifs is 1. The van der Waals surface area contributed by atoms with E-state index in [1.54, 1.807) is 23.8 Å². The summed E-state index contributed by atoms with van der Waals surface area (Å²) in [6.45, 7) is 0. The lowest BCUT2D eigenvalue weighted by molar-refractivity contribution is 0.619. The van der Waals surface area contributed by atoms with E-state index in [1.807, 2.05) is 49.3 Å². The van der Waals surface area contributed by atoms with E-state index in [0.29, 0.717) is 28.1 Å². The molecule has 4 aromatic rings. The molecule has 3 nitrogen and oxygen atoms in total. The minimum atomic E-state index is -0.257. The first-order chi connectivity index (χ1) is 13.0. The second kappa shape index (κ2) is 8.43. The summed E-state index contributed by atoms with van der Waals surface area (Å²) in [7, 11) is 3.88. The summed E-state index contributed by atoms with van der Waals surface area (Å²) in [5.74, 6) is 0.615. The zero-order valence-electron chi connectivity index (χ0n) is 15.3. The topological polar surface area (TPSA) is 29.0 Å². The number of benzene rings is 2. The summed E-state index contributed by atoms with van der Waals surface area (Å²) in [4.78, 5) is 10.7. The van der Waals surface area contributed by atoms with Crippen molar-refractivity contribution in [3.05, 3.63) is 76.1 Å². The Kier molecular flexibility index (Phi) is 6.18. The van der Waals surface area contributed by atoms with Crippen LogP contribution in [0, 0.1) is 5.82 Å². The molecule has 2 aromatic heterocycles. The summed E-state index contributed by atoms with van der Waals surface area (Å²) in [5, 5.41) is 0.573. The SMILES string of the molecule is CN(C)c1ccc(Cc2cc3scnc3c(-c3cccc(Cl)c3)c2F)cn1.Cl. The number of hydrogen-bond acceptors (Lipinski definition) is 4. The first-order valence-corrected chi connectivity index (χ1v) is 9.71. The van der Waals surface area contributed by atoms with E-state index < -0.39 is 0 Å². The highest BCUT2D eigenvalue weighted by atomic mass is 35.5. The fourth-order valence-electron chi connectivity index (χ4n) is 3.07. The molecule has 0 aliphatic rings. The second-order valence-corrected chi connectivity index (χ2v) is 7.85. The van der Waals surface area contributed by atoms with Gasteiger partial charge in [0, 0.05) is 37.3 Å². The molecule has 0 fully saturated rings. The fraction of sp³-hybridized carbons (Fsp3) is 0.143. The lowest BCUT2D eigenvalue weighted by Crippen LogP contribution is -2.10. The Morgan fingerprint density at radius 1 is 1.11 bits per heavy atom. The van der Waals surface area contributed by atoms with Gasteiger partial charge in [-0.15, -0.1) is 23.7 Å². The van der Waals surface area contributed by atoms with Crippen molar-refractivity contribution >= 4 is 51.4 Å². The molecule has 0 N–H and O–H groups in total. The van der Waals surface area contributed by atoms with Gasteiger partial charge in [0.05, 0.1) is 15.7 Å². The molecule has 2 heterocycles. The molecular formula is C21H18Cl2FN3S. The third-order valence-electron chi connectivity index (χ3n) is 4.41. The molecule has 0 unspecified atom stereocenters. The highest BCUT2D eigenvalue weighted by molar-refractivity contribution is 7.16. The number of aromatic nitrogens is 2. The van der Waals surface area contributed by atoms with Gasteiger partial charge < -0.3 is 4.90 Å². The van der Waals surface area contributed by atoms with Crippen LogP contribution in [0.2, 0.25) is 5.02 Å². The van der Waals surface area contributed by atoms with Gasteiger partial charge in [0.15, 0.2) is 0 Å². The van der Waals surface area contributed by atoms with Gasteiger partial charge in [-0.2, -0.15) is 0 Å². The Hall–Kier alpha value is -2.21. The van der Waals surface area contributed by atoms with E-state index in [0.717, 1.165) is 21.6 Å². The number of thiazole rings is 1. The van der Waals surface area contributed by atoms with E-state index >= 15 is 4.39 Å². The van der Waals surface area contributed by atoms with E-state index in [4.69, 9.17) is 11.6 Å². The quantitative estimate of drug-likeness (QED) is 0.381. The number of pyridine rings is 1. The van der Waals surface area contributed by atoms with Crippen molar-refractivity contribution in [3.63, 3.8) is 0 Å². The van der Waals surface area contributed by atoms with Gasteiger partial charge in [-0.05, 0) is 41.0 Å². The van der Waals surface area contributed by atoms with Gasteiger partial charge in [-0.3, -0.25) is 0 Å². The number of hydrogen-bond donors (Lipinski definition) is 0. The van der Waals surface area contributed by atoms with Crippen LogP contribution in [-0.4, -0.2) is 24.1 Å². The predicted molar refractivity (Wildman–Crippen MR) is 119 cm³/mol. The Morgan fingerprint density at radius 3 is 2.61 bits per heavy atom. The average Bonchev–Trinajstić information content (AvgIpc) is 3.10. The minimum absolute atomic E-state index is 0. The van der Waals surface area contributed by atoms with Gasteiger partial charge in [-0.25, -0.2) is 14.4 Å². The molecule has 144 valence electrons. The molecule has 2 aromatic carbocycles. The summed E-state index contributed by atoms with van der Waals surface area (Å²) in [5.41, 5.74) is 5.24. The van der Waals surface area contributed by atoms with Crippen LogP contribution in [0.15, 0.2) is 54.2 Å². The lowest BCUT2D eigenvalue weighted by Gasteiger charge is -2.13. The van der Waals surface area contributed by atoms with Gasteiger partial charge in [0.1, 0.15) is 11.6 Å². The van der Waals surface area contributed by atoms with E-state index in [9.17, 15) is 0 Å². The van der Waals surface area contributed by atoms with Crippen molar-refractivity contribution in [2.24, 2.45) is 0 Å². The van der Waals surface area contributed by atoms with Gasteiger partial charge >= 0.3 is 0 Å². The minimum Gasteiger partial charge on any atom is -0.363 e. The van der Waals surface area contributed by atoms with E-state index in [-0.39, 0.29) is 18.2 Å². The number of nitrogens with zero attached hydrogens (tertiary/aromatic N) is 3. The number of anilines is 1. The van der Waals surface area contributed by atoms with Crippen LogP contribution in [0.5, 0.6) is 0 Å². The van der Waals surface area contributed by atoms with E-state index in [2.05, 4.69) is 9.97 Å². The Morgan fingerprint density at radius 2 is 1.93 bits per heavy atom. The Bertz CT molecular complexity index is 1110. The van der Waals surface area contributed by atoms with Crippen molar-refractivity contribution in [1.29, 1.82) is 0 Å². The fourth-order valence-corrected chi connectivity index (χ4v) is 4.01.